The summed E-state index contributed by atoms with van der Waals surface area (Å²) in [5, 5.41) is 2.69. The second-order valence-electron chi connectivity index (χ2n) is 4.29. The molecule has 0 spiro atoms. The van der Waals surface area contributed by atoms with Crippen LogP contribution in [0.5, 0.6) is 5.75 Å². The maximum absolute atomic E-state index is 13.0. The lowest BCUT2D eigenvalue weighted by atomic mass is 10.2. The zero-order valence-electron chi connectivity index (χ0n) is 11.6. The molecule has 24 heavy (non-hydrogen) atoms. The van der Waals surface area contributed by atoms with Crippen molar-refractivity contribution < 1.29 is 40.3 Å². The molecule has 0 aliphatic rings. The van der Waals surface area contributed by atoms with E-state index in [1.165, 1.54) is 18.2 Å². The zero-order chi connectivity index (χ0) is 18.8. The van der Waals surface area contributed by atoms with E-state index < -0.39 is 24.1 Å². The molecular formula is C12H8BrF7N2O2. The van der Waals surface area contributed by atoms with Crippen LogP contribution in [0.3, 0.4) is 0 Å². The Morgan fingerprint density at radius 2 is 1.79 bits per heavy atom. The first-order valence-electron chi connectivity index (χ1n) is 5.88. The normalized spacial score (nSPS) is 13.2. The number of halogens is 8. The van der Waals surface area contributed by atoms with Crippen molar-refractivity contribution in [2.75, 3.05) is 0 Å². The van der Waals surface area contributed by atoms with E-state index in [-0.39, 0.29) is 11.3 Å². The molecule has 0 bridgehead atoms. The predicted molar refractivity (Wildman–Crippen MR) is 72.1 cm³/mol. The van der Waals surface area contributed by atoms with Crippen molar-refractivity contribution in [2.24, 2.45) is 5.10 Å². The van der Waals surface area contributed by atoms with Crippen molar-refractivity contribution in [3.05, 3.63) is 28.2 Å². The number of rotatable bonds is 5. The van der Waals surface area contributed by atoms with Gasteiger partial charge in [0.1, 0.15) is 5.75 Å². The molecule has 1 aromatic rings. The first-order chi connectivity index (χ1) is 10.8. The zero-order valence-corrected chi connectivity index (χ0v) is 13.2. The van der Waals surface area contributed by atoms with Crippen LogP contribution in [0.1, 0.15) is 12.5 Å². The largest absolute Gasteiger partial charge is 0.462 e. The molecule has 0 heterocycles. The van der Waals surface area contributed by atoms with Crippen LogP contribution >= 0.6 is 15.9 Å². The SMILES string of the molecule is CC(=O)Oc1ccc(Br)cc1/C=N\NC(F)(F)C(F)(F)C(F)(F)F. The van der Waals surface area contributed by atoms with Crippen LogP contribution in [-0.2, 0) is 4.79 Å². The highest BCUT2D eigenvalue weighted by atomic mass is 79.9. The molecule has 0 aliphatic heterocycles. The Morgan fingerprint density at radius 1 is 1.21 bits per heavy atom. The third-order valence-corrected chi connectivity index (χ3v) is 2.88. The molecule has 0 saturated carbocycles. The third kappa shape index (κ3) is 4.58. The highest BCUT2D eigenvalue weighted by Crippen LogP contribution is 2.45. The first-order valence-corrected chi connectivity index (χ1v) is 6.68. The second-order valence-corrected chi connectivity index (χ2v) is 5.21. The van der Waals surface area contributed by atoms with Crippen LogP contribution in [0, 0.1) is 0 Å². The van der Waals surface area contributed by atoms with Gasteiger partial charge in [-0.25, -0.2) is 5.43 Å². The van der Waals surface area contributed by atoms with E-state index in [9.17, 15) is 35.5 Å². The van der Waals surface area contributed by atoms with Gasteiger partial charge >= 0.3 is 24.1 Å². The van der Waals surface area contributed by atoms with Crippen molar-refractivity contribution in [1.29, 1.82) is 0 Å². The summed E-state index contributed by atoms with van der Waals surface area (Å²) >= 11 is 3.01. The van der Waals surface area contributed by atoms with Gasteiger partial charge in [0.2, 0.25) is 0 Å². The van der Waals surface area contributed by atoms with Crippen LogP contribution in [0.4, 0.5) is 30.7 Å². The number of carbonyl (C=O) groups excluding carboxylic acids is 1. The Kier molecular flexibility index (Phi) is 5.85. The van der Waals surface area contributed by atoms with Crippen LogP contribution in [0.15, 0.2) is 27.8 Å². The van der Waals surface area contributed by atoms with Crippen molar-refractivity contribution >= 4 is 28.1 Å². The highest BCUT2D eigenvalue weighted by Gasteiger charge is 2.73. The molecule has 4 nitrogen and oxygen atoms in total. The molecule has 134 valence electrons. The quantitative estimate of drug-likeness (QED) is 0.193. The van der Waals surface area contributed by atoms with Gasteiger partial charge in [0.25, 0.3) is 0 Å². The summed E-state index contributed by atoms with van der Waals surface area (Å²) in [7, 11) is 0. The lowest BCUT2D eigenvalue weighted by Gasteiger charge is -2.27. The average Bonchev–Trinajstić information content (AvgIpc) is 2.39. The molecule has 0 radical (unpaired) electrons. The van der Waals surface area contributed by atoms with Gasteiger partial charge in [0.15, 0.2) is 0 Å². The number of alkyl halides is 7. The summed E-state index contributed by atoms with van der Waals surface area (Å²) < 4.78 is 92.3. The standard InChI is InChI=1S/C12H8BrF7N2O2/c1-6(23)24-9-3-2-8(13)4-7(9)5-21-22-12(19,20)10(14,15)11(16,17)18/h2-5,22H,1H3/b21-5-. The molecule has 0 aromatic heterocycles. The van der Waals surface area contributed by atoms with Crippen LogP contribution in [-0.4, -0.2) is 30.3 Å². The monoisotopic (exact) mass is 424 g/mol. The molecule has 1 rings (SSSR count). The third-order valence-electron chi connectivity index (χ3n) is 2.38. The number of hydrogen-bond acceptors (Lipinski definition) is 4. The molecule has 0 fully saturated rings. The van der Waals surface area contributed by atoms with Crippen LogP contribution < -0.4 is 10.2 Å². The van der Waals surface area contributed by atoms with Gasteiger partial charge in [-0.1, -0.05) is 15.9 Å². The Morgan fingerprint density at radius 3 is 2.29 bits per heavy atom. The second kappa shape index (κ2) is 6.95. The van der Waals surface area contributed by atoms with Crippen molar-refractivity contribution in [3.8, 4) is 5.75 Å². The minimum absolute atomic E-state index is 0.127. The van der Waals surface area contributed by atoms with E-state index in [0.717, 1.165) is 6.92 Å². The molecule has 1 aromatic carbocycles. The van der Waals surface area contributed by atoms with E-state index in [4.69, 9.17) is 4.74 Å². The number of benzene rings is 1. The number of carbonyl (C=O) groups is 1. The van der Waals surface area contributed by atoms with Crippen molar-refractivity contribution in [3.63, 3.8) is 0 Å². The van der Waals surface area contributed by atoms with Crippen LogP contribution in [0.25, 0.3) is 0 Å². The lowest BCUT2D eigenvalue weighted by Crippen LogP contribution is -2.58. The van der Waals surface area contributed by atoms with E-state index in [1.54, 1.807) is 0 Å². The highest BCUT2D eigenvalue weighted by molar-refractivity contribution is 9.10. The number of nitrogens with zero attached hydrogens (tertiary/aromatic N) is 1. The summed E-state index contributed by atoms with van der Waals surface area (Å²) in [6.07, 6.45) is -5.97. The molecule has 1 N–H and O–H groups in total. The Hall–Kier alpha value is -1.85. The topological polar surface area (TPSA) is 50.7 Å². The Balaban J connectivity index is 3.02. The number of hydrazone groups is 1. The molecule has 0 saturated heterocycles. The number of nitrogens with one attached hydrogen (secondary N) is 1. The lowest BCUT2D eigenvalue weighted by molar-refractivity contribution is -0.361. The summed E-state index contributed by atoms with van der Waals surface area (Å²) in [5.41, 5.74) is 0.338. The molecule has 0 amide bonds. The number of esters is 1. The van der Waals surface area contributed by atoms with Crippen LogP contribution in [0.2, 0.25) is 0 Å². The van der Waals surface area contributed by atoms with Gasteiger partial charge < -0.3 is 4.74 Å². The van der Waals surface area contributed by atoms with Gasteiger partial charge in [-0.2, -0.15) is 35.8 Å². The minimum atomic E-state index is -6.47. The molecular weight excluding hydrogens is 417 g/mol. The molecule has 0 atom stereocenters. The average molecular weight is 425 g/mol. The summed E-state index contributed by atoms with van der Waals surface area (Å²) in [6.45, 7) is 1.04. The minimum Gasteiger partial charge on any atom is -0.426 e. The van der Waals surface area contributed by atoms with Crippen molar-refractivity contribution in [1.82, 2.24) is 5.43 Å². The van der Waals surface area contributed by atoms with Gasteiger partial charge in [-0.3, -0.25) is 4.79 Å². The Bertz CT molecular complexity index is 647. The van der Waals surface area contributed by atoms with Gasteiger partial charge in [0, 0.05) is 17.0 Å². The summed E-state index contributed by atoms with van der Waals surface area (Å²) in [4.78, 5) is 10.9. The van der Waals surface area contributed by atoms with Gasteiger partial charge in [-0.15, -0.1) is 0 Å². The smallest absolute Gasteiger partial charge is 0.426 e. The molecule has 12 heteroatoms. The first kappa shape index (κ1) is 20.2. The fourth-order valence-corrected chi connectivity index (χ4v) is 1.68. The maximum Gasteiger partial charge on any atom is 0.462 e. The fourth-order valence-electron chi connectivity index (χ4n) is 1.30. The Labute approximate surface area is 138 Å². The van der Waals surface area contributed by atoms with E-state index in [1.807, 2.05) is 0 Å². The molecule has 0 unspecified atom stereocenters. The van der Waals surface area contributed by atoms with Gasteiger partial charge in [-0.05, 0) is 18.2 Å². The fraction of sp³-hybridized carbons (Fsp3) is 0.333. The molecule has 0 aliphatic carbocycles. The predicted octanol–water partition coefficient (Wildman–Crippen LogP) is 4.09. The van der Waals surface area contributed by atoms with E-state index in [2.05, 4.69) is 21.0 Å². The number of ether oxygens (including phenoxy) is 1. The van der Waals surface area contributed by atoms with E-state index in [0.29, 0.717) is 16.1 Å². The maximum atomic E-state index is 13.0. The van der Waals surface area contributed by atoms with Gasteiger partial charge in [0.05, 0.1) is 6.21 Å². The number of hydrogen-bond donors (Lipinski definition) is 1. The van der Waals surface area contributed by atoms with Crippen molar-refractivity contribution in [2.45, 2.75) is 25.1 Å². The summed E-state index contributed by atoms with van der Waals surface area (Å²) in [5.74, 6) is -7.27. The summed E-state index contributed by atoms with van der Waals surface area (Å²) in [6, 6.07) is -1.83. The van der Waals surface area contributed by atoms with E-state index >= 15 is 0 Å².